The van der Waals surface area contributed by atoms with Crippen molar-refractivity contribution in [3.63, 3.8) is 0 Å². The van der Waals surface area contributed by atoms with Gasteiger partial charge >= 0.3 is 0 Å². The van der Waals surface area contributed by atoms with Crippen molar-refractivity contribution in [1.29, 1.82) is 0 Å². The van der Waals surface area contributed by atoms with E-state index in [1.54, 1.807) is 12.1 Å². The number of hydrogen-bond acceptors (Lipinski definition) is 3. The normalized spacial score (nSPS) is 24.6. The number of imide groups is 1. The molecule has 2 amide bonds. The van der Waals surface area contributed by atoms with E-state index in [4.69, 9.17) is 4.74 Å². The standard InChI is InChI=1S/C25H29NO3/c1-16-5-14-21-22(15-16)24(28)26(23(21)27)18-8-12-20(13-9-18)29-19-10-6-17(7-11-19)25(2,3)4/h6-13,16,21-22H,5,14-15H2,1-4H3/t16-,21+,22+/m1/s1. The summed E-state index contributed by atoms with van der Waals surface area (Å²) in [4.78, 5) is 27.1. The summed E-state index contributed by atoms with van der Waals surface area (Å²) in [5.41, 5.74) is 1.99. The third-order valence-corrected chi connectivity index (χ3v) is 6.24. The Balaban J connectivity index is 1.48. The molecule has 0 bridgehead atoms. The van der Waals surface area contributed by atoms with Crippen molar-refractivity contribution in [2.45, 2.75) is 52.4 Å². The molecule has 1 aliphatic heterocycles. The summed E-state index contributed by atoms with van der Waals surface area (Å²) in [6, 6.07) is 15.3. The largest absolute Gasteiger partial charge is 0.457 e. The minimum Gasteiger partial charge on any atom is -0.457 e. The van der Waals surface area contributed by atoms with Crippen LogP contribution in [-0.2, 0) is 15.0 Å². The van der Waals surface area contributed by atoms with Gasteiger partial charge in [-0.05, 0) is 72.6 Å². The number of benzene rings is 2. The van der Waals surface area contributed by atoms with E-state index in [0.717, 1.165) is 25.0 Å². The first-order valence-corrected chi connectivity index (χ1v) is 10.5. The van der Waals surface area contributed by atoms with Crippen molar-refractivity contribution in [2.75, 3.05) is 4.90 Å². The minimum absolute atomic E-state index is 0.0432. The third-order valence-electron chi connectivity index (χ3n) is 6.24. The Morgan fingerprint density at radius 2 is 1.38 bits per heavy atom. The van der Waals surface area contributed by atoms with Crippen molar-refractivity contribution in [3.8, 4) is 11.5 Å². The number of anilines is 1. The molecule has 1 heterocycles. The molecule has 29 heavy (non-hydrogen) atoms. The highest BCUT2D eigenvalue weighted by Crippen LogP contribution is 2.42. The molecule has 4 rings (SSSR count). The summed E-state index contributed by atoms with van der Waals surface area (Å²) in [5, 5.41) is 0. The van der Waals surface area contributed by atoms with Gasteiger partial charge in [0.1, 0.15) is 11.5 Å². The van der Waals surface area contributed by atoms with Gasteiger partial charge in [0.2, 0.25) is 11.8 Å². The molecule has 152 valence electrons. The highest BCUT2D eigenvalue weighted by Gasteiger charge is 2.49. The fourth-order valence-corrected chi connectivity index (χ4v) is 4.47. The molecule has 0 unspecified atom stereocenters. The summed E-state index contributed by atoms with van der Waals surface area (Å²) >= 11 is 0. The molecule has 2 fully saturated rings. The molecule has 0 N–H and O–H groups in total. The van der Waals surface area contributed by atoms with Crippen LogP contribution in [0, 0.1) is 17.8 Å². The monoisotopic (exact) mass is 391 g/mol. The minimum atomic E-state index is -0.150. The Bertz CT molecular complexity index is 909. The number of hydrogen-bond donors (Lipinski definition) is 0. The average molecular weight is 392 g/mol. The molecule has 0 spiro atoms. The molecule has 4 heteroatoms. The zero-order valence-corrected chi connectivity index (χ0v) is 17.6. The average Bonchev–Trinajstić information content (AvgIpc) is 2.92. The van der Waals surface area contributed by atoms with Crippen LogP contribution in [0.1, 0.15) is 52.5 Å². The maximum absolute atomic E-state index is 12.9. The van der Waals surface area contributed by atoms with Crippen LogP contribution in [-0.4, -0.2) is 11.8 Å². The Morgan fingerprint density at radius 1 is 0.828 bits per heavy atom. The molecule has 1 aliphatic carbocycles. The Labute approximate surface area is 172 Å². The second-order valence-electron chi connectivity index (χ2n) is 9.51. The van der Waals surface area contributed by atoms with Crippen LogP contribution in [0.2, 0.25) is 0 Å². The van der Waals surface area contributed by atoms with Gasteiger partial charge in [-0.15, -0.1) is 0 Å². The summed E-state index contributed by atoms with van der Waals surface area (Å²) in [5.74, 6) is 1.57. The van der Waals surface area contributed by atoms with Gasteiger partial charge in [-0.2, -0.15) is 0 Å². The van der Waals surface area contributed by atoms with Gasteiger partial charge < -0.3 is 4.74 Å². The number of amides is 2. The van der Waals surface area contributed by atoms with Crippen LogP contribution in [0.5, 0.6) is 11.5 Å². The first-order valence-electron chi connectivity index (χ1n) is 10.5. The molecule has 0 radical (unpaired) electrons. The molecule has 2 aromatic carbocycles. The highest BCUT2D eigenvalue weighted by atomic mass is 16.5. The fraction of sp³-hybridized carbons (Fsp3) is 0.440. The first-order chi connectivity index (χ1) is 13.7. The van der Waals surface area contributed by atoms with Gasteiger partial charge in [0, 0.05) is 0 Å². The van der Waals surface area contributed by atoms with Crippen LogP contribution in [0.25, 0.3) is 0 Å². The zero-order chi connectivity index (χ0) is 20.8. The van der Waals surface area contributed by atoms with E-state index in [1.165, 1.54) is 10.5 Å². The van der Waals surface area contributed by atoms with Gasteiger partial charge in [-0.25, -0.2) is 0 Å². The fourth-order valence-electron chi connectivity index (χ4n) is 4.47. The molecule has 3 atom stereocenters. The van der Waals surface area contributed by atoms with Gasteiger partial charge in [-0.3, -0.25) is 14.5 Å². The highest BCUT2D eigenvalue weighted by molar-refractivity contribution is 6.22. The lowest BCUT2D eigenvalue weighted by molar-refractivity contribution is -0.122. The second kappa shape index (κ2) is 7.33. The number of carbonyl (C=O) groups excluding carboxylic acids is 2. The molecule has 1 saturated carbocycles. The second-order valence-corrected chi connectivity index (χ2v) is 9.51. The quantitative estimate of drug-likeness (QED) is 0.630. The lowest BCUT2D eigenvalue weighted by Crippen LogP contribution is -2.30. The topological polar surface area (TPSA) is 46.6 Å². The van der Waals surface area contributed by atoms with E-state index >= 15 is 0 Å². The van der Waals surface area contributed by atoms with Crippen LogP contribution < -0.4 is 9.64 Å². The van der Waals surface area contributed by atoms with E-state index in [9.17, 15) is 9.59 Å². The predicted molar refractivity (Wildman–Crippen MR) is 114 cm³/mol. The molecule has 2 aromatic rings. The van der Waals surface area contributed by atoms with Crippen molar-refractivity contribution in [2.24, 2.45) is 17.8 Å². The van der Waals surface area contributed by atoms with E-state index in [-0.39, 0.29) is 29.1 Å². The Kier molecular flexibility index (Phi) is 4.97. The van der Waals surface area contributed by atoms with Crippen molar-refractivity contribution in [1.82, 2.24) is 0 Å². The summed E-state index contributed by atoms with van der Waals surface area (Å²) < 4.78 is 5.94. The van der Waals surface area contributed by atoms with Crippen LogP contribution in [0.3, 0.4) is 0 Å². The van der Waals surface area contributed by atoms with Gasteiger partial charge in [0.15, 0.2) is 0 Å². The molecular weight excluding hydrogens is 362 g/mol. The van der Waals surface area contributed by atoms with Crippen molar-refractivity contribution < 1.29 is 14.3 Å². The number of carbonyl (C=O) groups is 2. The zero-order valence-electron chi connectivity index (χ0n) is 17.6. The Morgan fingerprint density at radius 3 is 1.97 bits per heavy atom. The van der Waals surface area contributed by atoms with Crippen molar-refractivity contribution >= 4 is 17.5 Å². The number of rotatable bonds is 3. The Hall–Kier alpha value is -2.62. The molecule has 4 nitrogen and oxygen atoms in total. The predicted octanol–water partition coefficient (Wildman–Crippen LogP) is 5.70. The molecular formula is C25H29NO3. The van der Waals surface area contributed by atoms with E-state index in [1.807, 2.05) is 24.3 Å². The summed E-state index contributed by atoms with van der Waals surface area (Å²) in [6.07, 6.45) is 2.66. The molecule has 1 saturated heterocycles. The van der Waals surface area contributed by atoms with Gasteiger partial charge in [0.05, 0.1) is 17.5 Å². The van der Waals surface area contributed by atoms with E-state index in [2.05, 4.69) is 39.8 Å². The molecule has 2 aliphatic rings. The summed E-state index contributed by atoms with van der Waals surface area (Å²) in [7, 11) is 0. The van der Waals surface area contributed by atoms with Gasteiger partial charge in [-0.1, -0.05) is 39.8 Å². The maximum Gasteiger partial charge on any atom is 0.237 e. The number of fused-ring (bicyclic) bond motifs is 1. The van der Waals surface area contributed by atoms with Crippen LogP contribution in [0.4, 0.5) is 5.69 Å². The maximum atomic E-state index is 12.9. The van der Waals surface area contributed by atoms with E-state index < -0.39 is 0 Å². The lowest BCUT2D eigenvalue weighted by atomic mass is 9.76. The summed E-state index contributed by atoms with van der Waals surface area (Å²) in [6.45, 7) is 8.70. The smallest absolute Gasteiger partial charge is 0.237 e. The van der Waals surface area contributed by atoms with Gasteiger partial charge in [0.25, 0.3) is 0 Å². The lowest BCUT2D eigenvalue weighted by Gasteiger charge is -2.25. The third kappa shape index (κ3) is 3.81. The van der Waals surface area contributed by atoms with E-state index in [0.29, 0.717) is 17.4 Å². The van der Waals surface area contributed by atoms with Crippen molar-refractivity contribution in [3.05, 3.63) is 54.1 Å². The SMILES string of the molecule is C[C@@H]1CC[C@@H]2C(=O)N(c3ccc(Oc4ccc(C(C)(C)C)cc4)cc3)C(=O)[C@H]2C1. The van der Waals surface area contributed by atoms with Crippen LogP contribution >= 0.6 is 0 Å². The molecule has 0 aromatic heterocycles. The number of ether oxygens (including phenoxy) is 1. The van der Waals surface area contributed by atoms with Crippen LogP contribution in [0.15, 0.2) is 48.5 Å². The first kappa shape index (κ1) is 19.7. The number of nitrogens with zero attached hydrogens (tertiary/aromatic N) is 1.